The monoisotopic (exact) mass is 343 g/mol. The average Bonchev–Trinajstić information content (AvgIpc) is 2.62. The number of esters is 1. The predicted octanol–water partition coefficient (Wildman–Crippen LogP) is 3.31. The van der Waals surface area contributed by atoms with Crippen LogP contribution in [0, 0.1) is 0 Å². The summed E-state index contributed by atoms with van der Waals surface area (Å²) < 4.78 is 5.28. The van der Waals surface area contributed by atoms with Crippen LogP contribution in [0.1, 0.15) is 22.8 Å². The van der Waals surface area contributed by atoms with Gasteiger partial charge in [0, 0.05) is 11.4 Å². The fourth-order valence-corrected chi connectivity index (χ4v) is 2.80. The minimum Gasteiger partial charge on any atom is -0.449 e. The van der Waals surface area contributed by atoms with Gasteiger partial charge >= 0.3 is 5.97 Å². The molecule has 0 bridgehead atoms. The second kappa shape index (κ2) is 9.13. The number of thioether (sulfide) groups is 1. The first kappa shape index (κ1) is 18.1. The maximum atomic E-state index is 12.2. The number of carbonyl (C=O) groups is 2. The van der Waals surface area contributed by atoms with Crippen molar-refractivity contribution in [2.75, 3.05) is 12.8 Å². The van der Waals surface area contributed by atoms with Gasteiger partial charge in [-0.05, 0) is 37.3 Å². The summed E-state index contributed by atoms with van der Waals surface area (Å²) in [6.07, 6.45) is 1.80. The number of nitrogens with one attached hydrogen (secondary N) is 1. The highest BCUT2D eigenvalue weighted by Gasteiger charge is 2.20. The second-order valence-corrected chi connectivity index (χ2v) is 6.12. The van der Waals surface area contributed by atoms with Gasteiger partial charge in [0.2, 0.25) is 0 Å². The summed E-state index contributed by atoms with van der Waals surface area (Å²) in [4.78, 5) is 25.1. The Labute approximate surface area is 146 Å². The molecule has 1 amide bonds. The lowest BCUT2D eigenvalue weighted by Crippen LogP contribution is -2.37. The van der Waals surface area contributed by atoms with Gasteiger partial charge in [0.05, 0.1) is 5.56 Å². The zero-order valence-electron chi connectivity index (χ0n) is 13.8. The number of rotatable bonds is 7. The summed E-state index contributed by atoms with van der Waals surface area (Å²) in [5.74, 6) is -0.772. The summed E-state index contributed by atoms with van der Waals surface area (Å²) in [7, 11) is 0. The van der Waals surface area contributed by atoms with E-state index in [9.17, 15) is 9.59 Å². The van der Waals surface area contributed by atoms with Gasteiger partial charge in [-0.1, -0.05) is 42.5 Å². The van der Waals surface area contributed by atoms with Crippen molar-refractivity contribution in [3.63, 3.8) is 0 Å². The highest BCUT2D eigenvalue weighted by molar-refractivity contribution is 7.98. The Hall–Kier alpha value is -2.27. The summed E-state index contributed by atoms with van der Waals surface area (Å²) >= 11 is 1.47. The maximum Gasteiger partial charge on any atom is 0.340 e. The molecule has 126 valence electrons. The Morgan fingerprint density at radius 1 is 1.08 bits per heavy atom. The lowest BCUT2D eigenvalue weighted by molar-refractivity contribution is -0.129. The standard InChI is InChI=1S/C19H21NO3S/c1-14(18(21)20-13-12-15-8-4-3-5-9-15)23-19(22)16-10-6-7-11-17(16)24-2/h3-11,14H,12-13H2,1-2H3,(H,20,21)/t14-/m1/s1. The van der Waals surface area contributed by atoms with Crippen LogP contribution < -0.4 is 5.32 Å². The molecule has 2 aromatic rings. The second-order valence-electron chi connectivity index (χ2n) is 5.27. The SMILES string of the molecule is CSc1ccccc1C(=O)O[C@H](C)C(=O)NCCc1ccccc1. The molecule has 0 aliphatic heterocycles. The fraction of sp³-hybridized carbons (Fsp3) is 0.263. The highest BCUT2D eigenvalue weighted by atomic mass is 32.2. The Morgan fingerprint density at radius 3 is 2.46 bits per heavy atom. The third kappa shape index (κ3) is 5.13. The molecule has 0 aromatic heterocycles. The third-order valence-electron chi connectivity index (χ3n) is 3.54. The van der Waals surface area contributed by atoms with Crippen LogP contribution >= 0.6 is 11.8 Å². The van der Waals surface area contributed by atoms with E-state index < -0.39 is 12.1 Å². The molecule has 0 unspecified atom stereocenters. The Bertz CT molecular complexity index is 688. The number of amides is 1. The molecule has 2 aromatic carbocycles. The number of benzene rings is 2. The summed E-state index contributed by atoms with van der Waals surface area (Å²) in [5.41, 5.74) is 1.63. The van der Waals surface area contributed by atoms with Crippen LogP contribution in [-0.2, 0) is 16.0 Å². The molecule has 0 aliphatic carbocycles. The lowest BCUT2D eigenvalue weighted by atomic mass is 10.1. The van der Waals surface area contributed by atoms with E-state index in [1.165, 1.54) is 11.8 Å². The van der Waals surface area contributed by atoms with Crippen LogP contribution in [0.5, 0.6) is 0 Å². The molecule has 0 saturated heterocycles. The van der Waals surface area contributed by atoms with Crippen molar-refractivity contribution in [1.82, 2.24) is 5.32 Å². The quantitative estimate of drug-likeness (QED) is 0.619. The molecule has 5 heteroatoms. The average molecular weight is 343 g/mol. The van der Waals surface area contributed by atoms with Crippen LogP contribution in [0.4, 0.5) is 0 Å². The van der Waals surface area contributed by atoms with E-state index in [4.69, 9.17) is 4.74 Å². The van der Waals surface area contributed by atoms with Gasteiger partial charge in [-0.15, -0.1) is 11.8 Å². The molecule has 0 spiro atoms. The van der Waals surface area contributed by atoms with Crippen LogP contribution in [-0.4, -0.2) is 30.8 Å². The van der Waals surface area contributed by atoms with Crippen molar-refractivity contribution in [1.29, 1.82) is 0 Å². The van der Waals surface area contributed by atoms with Crippen molar-refractivity contribution in [3.05, 3.63) is 65.7 Å². The topological polar surface area (TPSA) is 55.4 Å². The first-order chi connectivity index (χ1) is 11.6. The number of hydrogen-bond acceptors (Lipinski definition) is 4. The number of hydrogen-bond donors (Lipinski definition) is 1. The molecule has 0 aliphatic rings. The summed E-state index contributed by atoms with van der Waals surface area (Å²) in [6, 6.07) is 17.1. The van der Waals surface area contributed by atoms with Crippen LogP contribution in [0.2, 0.25) is 0 Å². The van der Waals surface area contributed by atoms with Gasteiger partial charge in [0.25, 0.3) is 5.91 Å². The van der Waals surface area contributed by atoms with Crippen molar-refractivity contribution in [2.45, 2.75) is 24.3 Å². The van der Waals surface area contributed by atoms with Crippen molar-refractivity contribution in [3.8, 4) is 0 Å². The fourth-order valence-electron chi connectivity index (χ4n) is 2.21. The minimum absolute atomic E-state index is 0.291. The molecule has 4 nitrogen and oxygen atoms in total. The Balaban J connectivity index is 1.83. The normalized spacial score (nSPS) is 11.6. The third-order valence-corrected chi connectivity index (χ3v) is 4.33. The van der Waals surface area contributed by atoms with Crippen molar-refractivity contribution >= 4 is 23.6 Å². The summed E-state index contributed by atoms with van der Waals surface area (Å²) in [6.45, 7) is 2.09. The van der Waals surface area contributed by atoms with E-state index in [1.807, 2.05) is 48.7 Å². The molecule has 0 fully saturated rings. The van der Waals surface area contributed by atoms with Gasteiger partial charge in [0.15, 0.2) is 6.10 Å². The van der Waals surface area contributed by atoms with Crippen molar-refractivity contribution in [2.24, 2.45) is 0 Å². The first-order valence-corrected chi connectivity index (χ1v) is 9.00. The molecule has 1 N–H and O–H groups in total. The maximum absolute atomic E-state index is 12.2. The zero-order valence-corrected chi connectivity index (χ0v) is 14.6. The lowest BCUT2D eigenvalue weighted by Gasteiger charge is -2.14. The number of ether oxygens (including phenoxy) is 1. The smallest absolute Gasteiger partial charge is 0.340 e. The largest absolute Gasteiger partial charge is 0.449 e. The van der Waals surface area contributed by atoms with Gasteiger partial charge < -0.3 is 10.1 Å². The molecule has 1 atom stereocenters. The van der Waals surface area contributed by atoms with E-state index in [0.29, 0.717) is 12.1 Å². The molecule has 24 heavy (non-hydrogen) atoms. The molecule has 0 saturated carbocycles. The van der Waals surface area contributed by atoms with Crippen molar-refractivity contribution < 1.29 is 14.3 Å². The van der Waals surface area contributed by atoms with Crippen LogP contribution in [0.25, 0.3) is 0 Å². The van der Waals surface area contributed by atoms with Gasteiger partial charge in [0.1, 0.15) is 0 Å². The minimum atomic E-state index is -0.830. The van der Waals surface area contributed by atoms with E-state index >= 15 is 0 Å². The van der Waals surface area contributed by atoms with E-state index in [2.05, 4.69) is 5.32 Å². The van der Waals surface area contributed by atoms with Crippen LogP contribution in [0.3, 0.4) is 0 Å². The Morgan fingerprint density at radius 2 is 1.75 bits per heavy atom. The zero-order chi connectivity index (χ0) is 17.4. The molecule has 2 rings (SSSR count). The van der Waals surface area contributed by atoms with Gasteiger partial charge in [-0.3, -0.25) is 4.79 Å². The predicted molar refractivity (Wildman–Crippen MR) is 96.3 cm³/mol. The van der Waals surface area contributed by atoms with Gasteiger partial charge in [-0.25, -0.2) is 4.79 Å². The molecular formula is C19H21NO3S. The van der Waals surface area contributed by atoms with E-state index in [1.54, 1.807) is 19.1 Å². The molecule has 0 radical (unpaired) electrons. The molecule has 0 heterocycles. The van der Waals surface area contributed by atoms with Crippen LogP contribution in [0.15, 0.2) is 59.5 Å². The first-order valence-electron chi connectivity index (χ1n) is 7.77. The van der Waals surface area contributed by atoms with Gasteiger partial charge in [-0.2, -0.15) is 0 Å². The van der Waals surface area contributed by atoms with E-state index in [0.717, 1.165) is 16.9 Å². The molecular weight excluding hydrogens is 322 g/mol. The van der Waals surface area contributed by atoms with E-state index in [-0.39, 0.29) is 5.91 Å². The summed E-state index contributed by atoms with van der Waals surface area (Å²) in [5, 5.41) is 2.79. The highest BCUT2D eigenvalue weighted by Crippen LogP contribution is 2.21. The number of carbonyl (C=O) groups excluding carboxylic acids is 2. The Kier molecular flexibility index (Phi) is 6.88.